The third kappa shape index (κ3) is 25.1. The molecule has 1 rings (SSSR count). The molecule has 0 heterocycles. The lowest BCUT2D eigenvalue weighted by Gasteiger charge is -1.93. The summed E-state index contributed by atoms with van der Waals surface area (Å²) in [7, 11) is 0. The largest absolute Gasteiger partial charge is 0.508 e. The summed E-state index contributed by atoms with van der Waals surface area (Å²) in [6, 6.07) is 8.71. The fraction of sp³-hybridized carbons (Fsp3) is 0.200. The maximum absolute atomic E-state index is 9.09. The number of phenols is 1. The monoisotopic (exact) mass is 276 g/mol. The number of thiol groups is 1. The van der Waals surface area contributed by atoms with E-state index < -0.39 is 5.24 Å². The highest BCUT2D eigenvalue weighted by molar-refractivity contribution is 7.96. The van der Waals surface area contributed by atoms with Crippen molar-refractivity contribution in [2.75, 3.05) is 6.61 Å². The first-order chi connectivity index (χ1) is 7.90. The number of ether oxygens (including phenoxy) is 1. The van der Waals surface area contributed by atoms with Gasteiger partial charge in [-0.15, -0.1) is 0 Å². The maximum Gasteiger partial charge on any atom is 0.273 e. The topological polar surface area (TPSA) is 98.6 Å². The van der Waals surface area contributed by atoms with E-state index >= 15 is 0 Å². The number of hydrogen-bond donors (Lipinski definition) is 4. The van der Waals surface area contributed by atoms with Crippen LogP contribution < -0.4 is 11.5 Å². The zero-order chi connectivity index (χ0) is 13.7. The second-order valence-corrected chi connectivity index (χ2v) is 3.27. The molecule has 0 saturated carbocycles. The van der Waals surface area contributed by atoms with E-state index in [-0.39, 0.29) is 5.17 Å². The van der Waals surface area contributed by atoms with Crippen LogP contribution in [-0.2, 0) is 4.74 Å². The van der Waals surface area contributed by atoms with Crippen LogP contribution in [0.25, 0.3) is 0 Å². The van der Waals surface area contributed by atoms with Gasteiger partial charge in [0.15, 0.2) is 0 Å². The Labute approximate surface area is 111 Å². The Balaban J connectivity index is 0. The van der Waals surface area contributed by atoms with Gasteiger partial charge >= 0.3 is 0 Å². The van der Waals surface area contributed by atoms with E-state index in [1.165, 1.54) is 0 Å². The van der Waals surface area contributed by atoms with Crippen molar-refractivity contribution in [1.82, 2.24) is 0 Å². The lowest BCUT2D eigenvalue weighted by atomic mass is 10.3. The van der Waals surface area contributed by atoms with E-state index in [2.05, 4.69) is 35.3 Å². The molecule has 0 fully saturated rings. The highest BCUT2D eigenvalue weighted by atomic mass is 32.1. The molecule has 1 aromatic carbocycles. The molecule has 1 aromatic rings. The fourth-order valence-electron chi connectivity index (χ4n) is 0.570. The molecule has 96 valence electrons. The minimum absolute atomic E-state index is 0.123. The van der Waals surface area contributed by atoms with Crippen LogP contribution in [0, 0.1) is 0 Å². The quantitative estimate of drug-likeness (QED) is 0.462. The Morgan fingerprint density at radius 1 is 1.41 bits per heavy atom. The first kappa shape index (κ1) is 17.9. The van der Waals surface area contributed by atoms with Gasteiger partial charge in [0.1, 0.15) is 5.75 Å². The molecule has 17 heavy (non-hydrogen) atoms. The van der Waals surface area contributed by atoms with Crippen LogP contribution in [-0.4, -0.2) is 22.1 Å². The Hall–Kier alpha value is -1.47. The van der Waals surface area contributed by atoms with E-state index in [1.54, 1.807) is 24.3 Å². The maximum atomic E-state index is 9.09. The second-order valence-electron chi connectivity index (χ2n) is 2.43. The number of aromatic hydroxyl groups is 1. The van der Waals surface area contributed by atoms with Gasteiger partial charge in [-0.05, 0) is 31.3 Å². The van der Waals surface area contributed by atoms with Gasteiger partial charge in [0.2, 0.25) is 0 Å². The van der Waals surface area contributed by atoms with Crippen molar-refractivity contribution in [1.29, 1.82) is 0 Å². The molecular formula is C10H16N2O3S2. The summed E-state index contributed by atoms with van der Waals surface area (Å²) in [6.45, 7) is 2.40. The van der Waals surface area contributed by atoms with Crippen molar-refractivity contribution in [2.24, 2.45) is 11.5 Å². The smallest absolute Gasteiger partial charge is 0.273 e. The molecular weight excluding hydrogens is 260 g/mol. The average molecular weight is 276 g/mol. The lowest BCUT2D eigenvalue weighted by molar-refractivity contribution is 0.267. The van der Waals surface area contributed by atoms with Crippen molar-refractivity contribution in [3.05, 3.63) is 30.3 Å². The SMILES string of the molecule is CCOC(N)=S.NC(=O)S.Oc1ccccc1. The molecule has 0 bridgehead atoms. The summed E-state index contributed by atoms with van der Waals surface area (Å²) >= 11 is 7.46. The highest BCUT2D eigenvalue weighted by Gasteiger charge is 1.76. The predicted molar refractivity (Wildman–Crippen MR) is 75.1 cm³/mol. The average Bonchev–Trinajstić information content (AvgIpc) is 2.18. The van der Waals surface area contributed by atoms with Crippen LogP contribution in [0.2, 0.25) is 0 Å². The number of amides is 1. The van der Waals surface area contributed by atoms with Crippen LogP contribution in [0.4, 0.5) is 4.79 Å². The molecule has 1 amide bonds. The number of carbonyl (C=O) groups is 1. The summed E-state index contributed by atoms with van der Waals surface area (Å²) in [5.41, 5.74) is 9.25. The third-order valence-corrected chi connectivity index (χ3v) is 1.16. The van der Waals surface area contributed by atoms with Gasteiger partial charge < -0.3 is 21.3 Å². The predicted octanol–water partition coefficient (Wildman–Crippen LogP) is 1.65. The summed E-state index contributed by atoms with van der Waals surface area (Å²) in [5, 5.41) is 8.12. The molecule has 0 spiro atoms. The lowest BCUT2D eigenvalue weighted by Crippen LogP contribution is -2.11. The van der Waals surface area contributed by atoms with Crippen molar-refractivity contribution in [3.63, 3.8) is 0 Å². The van der Waals surface area contributed by atoms with E-state index in [0.717, 1.165) is 0 Å². The van der Waals surface area contributed by atoms with E-state index in [1.807, 2.05) is 13.0 Å². The van der Waals surface area contributed by atoms with Crippen LogP contribution in [0.15, 0.2) is 30.3 Å². The van der Waals surface area contributed by atoms with Gasteiger partial charge in [0.25, 0.3) is 10.4 Å². The summed E-state index contributed by atoms with van der Waals surface area (Å²) in [4.78, 5) is 9.09. The number of carbonyl (C=O) groups excluding carboxylic acids is 1. The Bertz CT molecular complexity index is 317. The van der Waals surface area contributed by atoms with Crippen LogP contribution >= 0.6 is 24.8 Å². The summed E-state index contributed by atoms with van der Waals surface area (Å²) in [5.74, 6) is 0.322. The van der Waals surface area contributed by atoms with Gasteiger partial charge in [0.05, 0.1) is 6.61 Å². The van der Waals surface area contributed by atoms with Crippen molar-refractivity contribution < 1.29 is 14.6 Å². The Morgan fingerprint density at radius 2 is 1.82 bits per heavy atom. The normalized spacial score (nSPS) is 7.65. The molecule has 5 N–H and O–H groups in total. The first-order valence-electron chi connectivity index (χ1n) is 4.54. The first-order valence-corrected chi connectivity index (χ1v) is 5.40. The van der Waals surface area contributed by atoms with Crippen molar-refractivity contribution >= 4 is 35.3 Å². The summed E-state index contributed by atoms with van der Waals surface area (Å²) < 4.78 is 4.55. The fourth-order valence-corrected chi connectivity index (χ4v) is 0.688. The van der Waals surface area contributed by atoms with Crippen LogP contribution in [0.3, 0.4) is 0 Å². The molecule has 7 heteroatoms. The molecule has 0 atom stereocenters. The van der Waals surface area contributed by atoms with Crippen molar-refractivity contribution in [3.8, 4) is 5.75 Å². The molecule has 0 unspecified atom stereocenters. The van der Waals surface area contributed by atoms with E-state index in [0.29, 0.717) is 12.4 Å². The van der Waals surface area contributed by atoms with Gasteiger partial charge in [-0.25, -0.2) is 0 Å². The number of benzene rings is 1. The molecule has 5 nitrogen and oxygen atoms in total. The zero-order valence-electron chi connectivity index (χ0n) is 9.37. The summed E-state index contributed by atoms with van der Waals surface area (Å²) in [6.07, 6.45) is 0. The van der Waals surface area contributed by atoms with E-state index in [9.17, 15) is 0 Å². The van der Waals surface area contributed by atoms with Crippen LogP contribution in [0.5, 0.6) is 5.75 Å². The molecule has 0 saturated heterocycles. The van der Waals surface area contributed by atoms with Gasteiger partial charge in [0, 0.05) is 0 Å². The zero-order valence-corrected chi connectivity index (χ0v) is 11.1. The van der Waals surface area contributed by atoms with Gasteiger partial charge in [-0.3, -0.25) is 4.79 Å². The van der Waals surface area contributed by atoms with Gasteiger partial charge in [-0.1, -0.05) is 30.8 Å². The molecule has 0 aliphatic heterocycles. The number of phenolic OH excluding ortho intramolecular Hbond substituents is 1. The molecule has 0 aliphatic carbocycles. The van der Waals surface area contributed by atoms with E-state index in [4.69, 9.17) is 15.6 Å². The minimum atomic E-state index is -0.639. The molecule has 0 aromatic heterocycles. The molecule has 0 aliphatic rings. The second kappa shape index (κ2) is 12.6. The van der Waals surface area contributed by atoms with Gasteiger partial charge in [-0.2, -0.15) is 0 Å². The number of para-hydroxylation sites is 1. The number of hydrogen-bond acceptors (Lipinski definition) is 4. The minimum Gasteiger partial charge on any atom is -0.508 e. The number of thiocarbonyl (C=S) groups is 1. The number of primary amides is 1. The number of rotatable bonds is 1. The number of nitrogens with two attached hydrogens (primary N) is 2. The Morgan fingerprint density at radius 3 is 1.94 bits per heavy atom. The standard InChI is InChI=1S/C6H6O.C3H7NOS.CH3NOS/c7-6-4-2-1-3-5-6;1-2-5-3(4)6;2-1(3)4/h1-5,7H;2H2,1H3,(H2,4,6);(H3,2,3,4). The third-order valence-electron chi connectivity index (χ3n) is 1.04. The highest BCUT2D eigenvalue weighted by Crippen LogP contribution is 2.02. The van der Waals surface area contributed by atoms with Crippen LogP contribution in [0.1, 0.15) is 6.92 Å². The Kier molecular flexibility index (Phi) is 13.3. The molecule has 0 radical (unpaired) electrons. The van der Waals surface area contributed by atoms with Crippen molar-refractivity contribution in [2.45, 2.75) is 6.92 Å².